The van der Waals surface area contributed by atoms with E-state index < -0.39 is 0 Å². The molecule has 6 nitrogen and oxygen atoms in total. The molecular weight excluding hydrogens is 438 g/mol. The zero-order valence-electron chi connectivity index (χ0n) is 15.7. The van der Waals surface area contributed by atoms with Gasteiger partial charge in [-0.2, -0.15) is 0 Å². The van der Waals surface area contributed by atoms with Crippen LogP contribution in [0.1, 0.15) is 20.3 Å². The summed E-state index contributed by atoms with van der Waals surface area (Å²) in [5.41, 5.74) is 8.20. The van der Waals surface area contributed by atoms with E-state index in [1.54, 1.807) is 0 Å². The number of rotatable bonds is 7. The molecule has 0 unspecified atom stereocenters. The molecule has 0 aliphatic heterocycles. The Morgan fingerprint density at radius 1 is 1.14 bits per heavy atom. The number of carbonyl (C=O) groups is 1. The third-order valence-corrected chi connectivity index (χ3v) is 6.10. The molecule has 1 aromatic heterocycles. The first kappa shape index (κ1) is 20.4. The summed E-state index contributed by atoms with van der Waals surface area (Å²) in [7, 11) is 0. The maximum Gasteiger partial charge on any atom is 0.237 e. The van der Waals surface area contributed by atoms with Gasteiger partial charge in [0.25, 0.3) is 0 Å². The van der Waals surface area contributed by atoms with Crippen LogP contribution in [-0.2, 0) is 11.3 Å². The lowest BCUT2D eigenvalue weighted by molar-refractivity contribution is -0.115. The number of anilines is 2. The fourth-order valence-electron chi connectivity index (χ4n) is 2.71. The fourth-order valence-corrected chi connectivity index (χ4v) is 3.99. The van der Waals surface area contributed by atoms with Gasteiger partial charge in [-0.1, -0.05) is 34.6 Å². The van der Waals surface area contributed by atoms with Crippen molar-refractivity contribution < 1.29 is 4.79 Å². The molecule has 28 heavy (non-hydrogen) atoms. The molecule has 0 aliphatic rings. The number of hydrogen-bond donors (Lipinski definition) is 2. The second-order valence-electron chi connectivity index (χ2n) is 6.18. The predicted molar refractivity (Wildman–Crippen MR) is 118 cm³/mol. The summed E-state index contributed by atoms with van der Waals surface area (Å²) < 4.78 is 2.99. The number of carbonyl (C=O) groups excluding carboxylic acids is 1. The van der Waals surface area contributed by atoms with Gasteiger partial charge in [-0.3, -0.25) is 4.79 Å². The maximum absolute atomic E-state index is 12.7. The summed E-state index contributed by atoms with van der Waals surface area (Å²) in [6.07, 6.45) is 0.681. The van der Waals surface area contributed by atoms with E-state index in [1.807, 2.05) is 66.9 Å². The largest absolute Gasteiger partial charge is 0.399 e. The summed E-state index contributed by atoms with van der Waals surface area (Å²) >= 11 is 4.83. The number of amides is 1. The number of halogens is 1. The number of nitrogen functional groups attached to an aromatic ring is 1. The molecule has 0 saturated carbocycles. The molecule has 3 aromatic rings. The smallest absolute Gasteiger partial charge is 0.237 e. The lowest BCUT2D eigenvalue weighted by Gasteiger charge is -2.15. The van der Waals surface area contributed by atoms with E-state index in [9.17, 15) is 4.79 Å². The first-order valence-corrected chi connectivity index (χ1v) is 10.7. The number of hydrogen-bond acceptors (Lipinski definition) is 5. The van der Waals surface area contributed by atoms with Gasteiger partial charge >= 0.3 is 0 Å². The highest BCUT2D eigenvalue weighted by molar-refractivity contribution is 9.10. The number of thioether (sulfide) groups is 1. The Morgan fingerprint density at radius 3 is 2.43 bits per heavy atom. The van der Waals surface area contributed by atoms with Gasteiger partial charge in [-0.25, -0.2) is 0 Å². The molecule has 0 saturated heterocycles. The minimum absolute atomic E-state index is 0.0467. The lowest BCUT2D eigenvalue weighted by atomic mass is 10.2. The number of aromatic nitrogens is 3. The minimum Gasteiger partial charge on any atom is -0.399 e. The van der Waals surface area contributed by atoms with Crippen LogP contribution < -0.4 is 11.1 Å². The van der Waals surface area contributed by atoms with E-state index in [0.29, 0.717) is 18.7 Å². The van der Waals surface area contributed by atoms with Gasteiger partial charge in [-0.15, -0.1) is 10.2 Å². The Morgan fingerprint density at radius 2 is 1.82 bits per heavy atom. The van der Waals surface area contributed by atoms with Gasteiger partial charge < -0.3 is 15.6 Å². The summed E-state index contributed by atoms with van der Waals surface area (Å²) in [6, 6.07) is 15.1. The highest BCUT2D eigenvalue weighted by Gasteiger charge is 2.22. The lowest BCUT2D eigenvalue weighted by Crippen LogP contribution is -2.25. The highest BCUT2D eigenvalue weighted by Crippen LogP contribution is 2.29. The van der Waals surface area contributed by atoms with Crippen molar-refractivity contribution in [1.29, 1.82) is 0 Å². The molecular formula is C20H22BrN5OS. The van der Waals surface area contributed by atoms with E-state index in [1.165, 1.54) is 11.8 Å². The second kappa shape index (κ2) is 9.25. The quantitative estimate of drug-likeness (QED) is 0.390. The third-order valence-electron chi connectivity index (χ3n) is 4.22. The second-order valence-corrected chi connectivity index (χ2v) is 8.27. The summed E-state index contributed by atoms with van der Waals surface area (Å²) in [6.45, 7) is 4.74. The van der Waals surface area contributed by atoms with Gasteiger partial charge in [0, 0.05) is 28.0 Å². The predicted octanol–water partition coefficient (Wildman–Crippen LogP) is 4.82. The first-order chi connectivity index (χ1) is 13.5. The number of nitrogens with two attached hydrogens (primary N) is 1. The van der Waals surface area contributed by atoms with Gasteiger partial charge in [0.1, 0.15) is 0 Å². The van der Waals surface area contributed by atoms with Gasteiger partial charge in [0.15, 0.2) is 11.0 Å². The topological polar surface area (TPSA) is 85.8 Å². The van der Waals surface area contributed by atoms with Gasteiger partial charge in [0.05, 0.1) is 5.25 Å². The van der Waals surface area contributed by atoms with Crippen molar-refractivity contribution >= 4 is 45.0 Å². The average molecular weight is 460 g/mol. The highest BCUT2D eigenvalue weighted by atomic mass is 79.9. The SMILES string of the molecule is CC[C@H](Sc1nnc(-c2ccc(N)cc2)n1CC)C(=O)Nc1ccc(Br)cc1. The molecule has 0 radical (unpaired) electrons. The van der Waals surface area contributed by atoms with Gasteiger partial charge in [-0.05, 0) is 61.9 Å². The van der Waals surface area contributed by atoms with Crippen molar-refractivity contribution in [2.45, 2.75) is 37.2 Å². The summed E-state index contributed by atoms with van der Waals surface area (Å²) in [5, 5.41) is 12.1. The molecule has 146 valence electrons. The van der Waals surface area contributed by atoms with Gasteiger partial charge in [0.2, 0.25) is 5.91 Å². The zero-order valence-corrected chi connectivity index (χ0v) is 18.1. The Balaban J connectivity index is 1.78. The van der Waals surface area contributed by atoms with E-state index in [-0.39, 0.29) is 11.2 Å². The number of nitrogens with zero attached hydrogens (tertiary/aromatic N) is 3. The van der Waals surface area contributed by atoms with Crippen LogP contribution in [0.3, 0.4) is 0 Å². The van der Waals surface area contributed by atoms with Crippen LogP contribution in [0.25, 0.3) is 11.4 Å². The standard InChI is InChI=1S/C20H22BrN5OS/c1-3-17(19(27)23-16-11-7-14(21)8-12-16)28-20-25-24-18(26(20)4-2)13-5-9-15(22)10-6-13/h5-12,17H,3-4,22H2,1-2H3,(H,23,27)/t17-/m0/s1. The molecule has 0 aliphatic carbocycles. The van der Waals surface area contributed by atoms with E-state index in [0.717, 1.165) is 26.7 Å². The van der Waals surface area contributed by atoms with E-state index in [2.05, 4.69) is 31.4 Å². The van der Waals surface area contributed by atoms with Crippen LogP contribution >= 0.6 is 27.7 Å². The van der Waals surface area contributed by atoms with E-state index >= 15 is 0 Å². The molecule has 0 spiro atoms. The van der Waals surface area contributed by atoms with Crippen LogP contribution in [-0.4, -0.2) is 25.9 Å². The number of nitrogens with one attached hydrogen (secondary N) is 1. The summed E-state index contributed by atoms with van der Waals surface area (Å²) in [5.74, 6) is 0.725. The van der Waals surface area contributed by atoms with E-state index in [4.69, 9.17) is 5.73 Å². The Kier molecular flexibility index (Phi) is 6.74. The molecule has 8 heteroatoms. The van der Waals surface area contributed by atoms with Crippen molar-refractivity contribution in [1.82, 2.24) is 14.8 Å². The van der Waals surface area contributed by atoms with Crippen molar-refractivity contribution in [2.75, 3.05) is 11.1 Å². The fraction of sp³-hybridized carbons (Fsp3) is 0.250. The minimum atomic E-state index is -0.266. The molecule has 3 rings (SSSR count). The van der Waals surface area contributed by atoms with Crippen molar-refractivity contribution in [3.8, 4) is 11.4 Å². The normalized spacial score (nSPS) is 12.0. The van der Waals surface area contributed by atoms with Crippen molar-refractivity contribution in [3.63, 3.8) is 0 Å². The van der Waals surface area contributed by atoms with Crippen LogP contribution in [0.4, 0.5) is 11.4 Å². The molecule has 3 N–H and O–H groups in total. The molecule has 1 heterocycles. The Hall–Kier alpha value is -2.32. The average Bonchev–Trinajstić information content (AvgIpc) is 3.11. The Bertz CT molecular complexity index is 940. The zero-order chi connectivity index (χ0) is 20.1. The van der Waals surface area contributed by atoms with Crippen LogP contribution in [0.5, 0.6) is 0 Å². The van der Waals surface area contributed by atoms with Crippen LogP contribution in [0, 0.1) is 0 Å². The Labute approximate surface area is 177 Å². The molecule has 1 amide bonds. The first-order valence-electron chi connectivity index (χ1n) is 9.04. The van der Waals surface area contributed by atoms with Crippen LogP contribution in [0.15, 0.2) is 58.2 Å². The van der Waals surface area contributed by atoms with Crippen LogP contribution in [0.2, 0.25) is 0 Å². The van der Waals surface area contributed by atoms with Crippen molar-refractivity contribution in [2.24, 2.45) is 0 Å². The molecule has 2 aromatic carbocycles. The molecule has 0 bridgehead atoms. The number of benzene rings is 2. The maximum atomic E-state index is 12.7. The summed E-state index contributed by atoms with van der Waals surface area (Å²) in [4.78, 5) is 12.7. The molecule has 0 fully saturated rings. The third kappa shape index (κ3) is 4.74. The van der Waals surface area contributed by atoms with Crippen molar-refractivity contribution in [3.05, 3.63) is 53.0 Å². The molecule has 1 atom stereocenters. The monoisotopic (exact) mass is 459 g/mol.